The van der Waals surface area contributed by atoms with Gasteiger partial charge in [0.05, 0.1) is 6.54 Å². The summed E-state index contributed by atoms with van der Waals surface area (Å²) in [6.07, 6.45) is 6.49. The van der Waals surface area contributed by atoms with E-state index in [-0.39, 0.29) is 0 Å². The van der Waals surface area contributed by atoms with Gasteiger partial charge in [-0.1, -0.05) is 19.1 Å². The maximum Gasteiger partial charge on any atom is 0.0569 e. The third-order valence-corrected chi connectivity index (χ3v) is 1.35. The van der Waals surface area contributed by atoms with Gasteiger partial charge < -0.3 is 0 Å². The maximum absolute atomic E-state index is 4.28. The van der Waals surface area contributed by atoms with Crippen molar-refractivity contribution in [3.8, 4) is 0 Å². The van der Waals surface area contributed by atoms with Crippen molar-refractivity contribution in [3.05, 3.63) is 12.2 Å². The van der Waals surface area contributed by atoms with Gasteiger partial charge in [0.25, 0.3) is 0 Å². The Morgan fingerprint density at radius 1 is 1.62 bits per heavy atom. The SMILES string of the molecule is CCC1=NCC=CC1. The van der Waals surface area contributed by atoms with Crippen LogP contribution in [0.25, 0.3) is 0 Å². The maximum atomic E-state index is 4.28. The largest absolute Gasteiger partial charge is 0.290 e. The van der Waals surface area contributed by atoms with E-state index in [1.54, 1.807) is 0 Å². The molecule has 0 radical (unpaired) electrons. The lowest BCUT2D eigenvalue weighted by Gasteiger charge is -2.01. The molecule has 8 heavy (non-hydrogen) atoms. The molecule has 0 atom stereocenters. The smallest absolute Gasteiger partial charge is 0.0569 e. The molecule has 0 N–H and O–H groups in total. The van der Waals surface area contributed by atoms with Crippen LogP contribution in [0.15, 0.2) is 17.1 Å². The van der Waals surface area contributed by atoms with E-state index in [9.17, 15) is 0 Å². The molecule has 1 heteroatoms. The second kappa shape index (κ2) is 2.65. The monoisotopic (exact) mass is 109 g/mol. The predicted octanol–water partition coefficient (Wildman–Crippen LogP) is 1.80. The molecule has 1 nitrogen and oxygen atoms in total. The van der Waals surface area contributed by atoms with Gasteiger partial charge in [0.15, 0.2) is 0 Å². The van der Waals surface area contributed by atoms with Gasteiger partial charge >= 0.3 is 0 Å². The van der Waals surface area contributed by atoms with E-state index in [0.29, 0.717) is 0 Å². The van der Waals surface area contributed by atoms with Gasteiger partial charge in [-0.3, -0.25) is 4.99 Å². The Morgan fingerprint density at radius 3 is 2.88 bits per heavy atom. The van der Waals surface area contributed by atoms with Gasteiger partial charge in [-0.2, -0.15) is 0 Å². The Kier molecular flexibility index (Phi) is 1.84. The third-order valence-electron chi connectivity index (χ3n) is 1.35. The van der Waals surface area contributed by atoms with Gasteiger partial charge in [-0.25, -0.2) is 0 Å². The van der Waals surface area contributed by atoms with Crippen LogP contribution in [0.2, 0.25) is 0 Å². The van der Waals surface area contributed by atoms with Crippen molar-refractivity contribution in [1.29, 1.82) is 0 Å². The van der Waals surface area contributed by atoms with E-state index in [1.807, 2.05) is 0 Å². The van der Waals surface area contributed by atoms with Crippen LogP contribution in [0, 0.1) is 0 Å². The molecule has 0 bridgehead atoms. The highest BCUT2D eigenvalue weighted by Gasteiger charge is 1.94. The molecule has 1 rings (SSSR count). The molecule has 0 aliphatic carbocycles. The van der Waals surface area contributed by atoms with Gasteiger partial charge in [0, 0.05) is 12.1 Å². The number of hydrogen-bond acceptors (Lipinski definition) is 1. The first kappa shape index (κ1) is 5.54. The van der Waals surface area contributed by atoms with Crippen LogP contribution in [0.5, 0.6) is 0 Å². The Morgan fingerprint density at radius 2 is 2.50 bits per heavy atom. The summed E-state index contributed by atoms with van der Waals surface area (Å²) in [4.78, 5) is 4.28. The lowest BCUT2D eigenvalue weighted by molar-refractivity contribution is 1.10. The summed E-state index contributed by atoms with van der Waals surface area (Å²) in [6.45, 7) is 3.06. The van der Waals surface area contributed by atoms with E-state index in [1.165, 1.54) is 5.71 Å². The average molecular weight is 109 g/mol. The van der Waals surface area contributed by atoms with Crippen molar-refractivity contribution in [2.45, 2.75) is 19.8 Å². The fourth-order valence-electron chi connectivity index (χ4n) is 0.796. The van der Waals surface area contributed by atoms with Crippen LogP contribution in [0.1, 0.15) is 19.8 Å². The summed E-state index contributed by atoms with van der Waals surface area (Å²) in [6, 6.07) is 0. The molecular weight excluding hydrogens is 98.1 g/mol. The Labute approximate surface area is 50.1 Å². The Balaban J connectivity index is 2.43. The summed E-state index contributed by atoms with van der Waals surface area (Å²) in [7, 11) is 0. The van der Waals surface area contributed by atoms with Gasteiger partial charge in [-0.05, 0) is 6.42 Å². The molecule has 0 aromatic heterocycles. The van der Waals surface area contributed by atoms with E-state index in [4.69, 9.17) is 0 Å². The van der Waals surface area contributed by atoms with Gasteiger partial charge in [-0.15, -0.1) is 0 Å². The van der Waals surface area contributed by atoms with E-state index < -0.39 is 0 Å². The molecule has 1 aliphatic rings. The summed E-state index contributed by atoms with van der Waals surface area (Å²) >= 11 is 0. The highest BCUT2D eigenvalue weighted by molar-refractivity contribution is 5.86. The van der Waals surface area contributed by atoms with Crippen molar-refractivity contribution < 1.29 is 0 Å². The molecule has 1 heterocycles. The summed E-state index contributed by atoms with van der Waals surface area (Å²) in [5, 5.41) is 0. The zero-order valence-electron chi connectivity index (χ0n) is 5.22. The second-order valence-corrected chi connectivity index (χ2v) is 1.94. The highest BCUT2D eigenvalue weighted by Crippen LogP contribution is 1.99. The minimum Gasteiger partial charge on any atom is -0.290 e. The van der Waals surface area contributed by atoms with Crippen molar-refractivity contribution in [1.82, 2.24) is 0 Å². The van der Waals surface area contributed by atoms with Crippen molar-refractivity contribution >= 4 is 5.71 Å². The number of allylic oxidation sites excluding steroid dienone is 1. The molecule has 0 saturated carbocycles. The van der Waals surface area contributed by atoms with Crippen LogP contribution in [0.4, 0.5) is 0 Å². The molecule has 0 unspecified atom stereocenters. The number of hydrogen-bond donors (Lipinski definition) is 0. The van der Waals surface area contributed by atoms with Crippen LogP contribution >= 0.6 is 0 Å². The molecule has 0 amide bonds. The first-order valence-corrected chi connectivity index (χ1v) is 3.10. The zero-order valence-corrected chi connectivity index (χ0v) is 5.22. The van der Waals surface area contributed by atoms with E-state index in [0.717, 1.165) is 19.4 Å². The molecule has 44 valence electrons. The minimum atomic E-state index is 0.906. The van der Waals surface area contributed by atoms with Crippen LogP contribution < -0.4 is 0 Å². The molecule has 0 aromatic carbocycles. The quantitative estimate of drug-likeness (QED) is 0.455. The van der Waals surface area contributed by atoms with Crippen molar-refractivity contribution in [2.24, 2.45) is 4.99 Å². The second-order valence-electron chi connectivity index (χ2n) is 1.94. The number of dihydropyridines is 1. The zero-order chi connectivity index (χ0) is 5.82. The lowest BCUT2D eigenvalue weighted by atomic mass is 10.2. The Bertz CT molecular complexity index is 122. The topological polar surface area (TPSA) is 12.4 Å². The molecule has 0 spiro atoms. The molecule has 0 fully saturated rings. The molecule has 0 saturated heterocycles. The van der Waals surface area contributed by atoms with Crippen LogP contribution in [-0.4, -0.2) is 12.3 Å². The fourth-order valence-corrected chi connectivity index (χ4v) is 0.796. The number of nitrogens with zero attached hydrogens (tertiary/aromatic N) is 1. The minimum absolute atomic E-state index is 0.906. The molecular formula is C7H11N. The van der Waals surface area contributed by atoms with Crippen LogP contribution in [0.3, 0.4) is 0 Å². The Hall–Kier alpha value is -0.590. The fraction of sp³-hybridized carbons (Fsp3) is 0.571. The lowest BCUT2D eigenvalue weighted by Crippen LogP contribution is -1.98. The van der Waals surface area contributed by atoms with Crippen LogP contribution in [-0.2, 0) is 0 Å². The van der Waals surface area contributed by atoms with Gasteiger partial charge in [0.1, 0.15) is 0 Å². The number of aliphatic imine (C=N–C) groups is 1. The third kappa shape index (κ3) is 1.19. The first-order chi connectivity index (χ1) is 3.93. The summed E-state index contributed by atoms with van der Waals surface area (Å²) in [5.41, 5.74) is 1.34. The summed E-state index contributed by atoms with van der Waals surface area (Å²) in [5.74, 6) is 0. The normalized spacial score (nSPS) is 18.4. The van der Waals surface area contributed by atoms with E-state index >= 15 is 0 Å². The number of rotatable bonds is 1. The average Bonchev–Trinajstić information content (AvgIpc) is 1.90. The van der Waals surface area contributed by atoms with Crippen molar-refractivity contribution in [2.75, 3.05) is 6.54 Å². The molecule has 1 aliphatic heterocycles. The highest BCUT2D eigenvalue weighted by atomic mass is 14.7. The summed E-state index contributed by atoms with van der Waals surface area (Å²) < 4.78 is 0. The van der Waals surface area contributed by atoms with E-state index in [2.05, 4.69) is 24.1 Å². The van der Waals surface area contributed by atoms with Crippen molar-refractivity contribution in [3.63, 3.8) is 0 Å². The standard InChI is InChI=1S/C7H11N/c1-2-7-5-3-4-6-8-7/h3-4H,2,5-6H2,1H3. The first-order valence-electron chi connectivity index (χ1n) is 3.10. The predicted molar refractivity (Wildman–Crippen MR) is 36.4 cm³/mol. The molecule has 0 aromatic rings. The van der Waals surface area contributed by atoms with Gasteiger partial charge in [0.2, 0.25) is 0 Å².